The molecule has 0 aromatic carbocycles. The predicted molar refractivity (Wildman–Crippen MR) is 52.4 cm³/mol. The molecule has 1 fully saturated rings. The summed E-state index contributed by atoms with van der Waals surface area (Å²) in [5.74, 6) is 0.866. The normalized spacial score (nSPS) is 17.7. The summed E-state index contributed by atoms with van der Waals surface area (Å²) in [5, 5.41) is 8.85. The van der Waals surface area contributed by atoms with Crippen LogP contribution in [0.2, 0.25) is 0 Å². The Morgan fingerprint density at radius 1 is 1.58 bits per heavy atom. The average Bonchev–Trinajstić information content (AvgIpc) is 2.46. The van der Waals surface area contributed by atoms with E-state index < -0.39 is 0 Å². The second-order valence-electron chi connectivity index (χ2n) is 3.23. The lowest BCUT2D eigenvalue weighted by atomic mass is 10.0. The van der Waals surface area contributed by atoms with Gasteiger partial charge in [-0.2, -0.15) is 0 Å². The number of hydrogen-bond acceptors (Lipinski definition) is 3. The molecule has 2 heterocycles. The maximum atomic E-state index is 3.46. The zero-order valence-electron chi connectivity index (χ0n) is 7.05. The van der Waals surface area contributed by atoms with E-state index >= 15 is 0 Å². The minimum atomic E-state index is 0.866. The molecule has 3 heteroatoms. The highest BCUT2D eigenvalue weighted by Crippen LogP contribution is 2.08. The molecule has 0 aliphatic carbocycles. The highest BCUT2D eigenvalue weighted by atomic mass is 32.1. The van der Waals surface area contributed by atoms with Crippen LogP contribution < -0.4 is 10.6 Å². The Hall–Kier alpha value is -0.380. The van der Waals surface area contributed by atoms with Crippen molar-refractivity contribution in [2.24, 2.45) is 5.92 Å². The third-order valence-corrected chi connectivity index (χ3v) is 3.05. The molecule has 0 saturated carbocycles. The van der Waals surface area contributed by atoms with E-state index in [1.54, 1.807) is 0 Å². The van der Waals surface area contributed by atoms with Crippen molar-refractivity contribution < 1.29 is 0 Å². The van der Waals surface area contributed by atoms with Crippen molar-refractivity contribution in [3.05, 3.63) is 22.4 Å². The monoisotopic (exact) mass is 182 g/mol. The lowest BCUT2D eigenvalue weighted by Crippen LogP contribution is -2.46. The molecule has 0 amide bonds. The molecule has 1 aliphatic heterocycles. The largest absolute Gasteiger partial charge is 0.316 e. The van der Waals surface area contributed by atoms with Crippen LogP contribution in [0.4, 0.5) is 0 Å². The topological polar surface area (TPSA) is 24.1 Å². The van der Waals surface area contributed by atoms with Crippen LogP contribution in [-0.2, 0) is 6.54 Å². The molecular formula is C9H14N2S. The van der Waals surface area contributed by atoms with Crippen LogP contribution in [0.1, 0.15) is 4.88 Å². The molecule has 0 unspecified atom stereocenters. The van der Waals surface area contributed by atoms with Gasteiger partial charge >= 0.3 is 0 Å². The van der Waals surface area contributed by atoms with Crippen molar-refractivity contribution in [2.45, 2.75) is 6.54 Å². The first kappa shape index (κ1) is 8.23. The molecule has 0 bridgehead atoms. The van der Waals surface area contributed by atoms with Gasteiger partial charge in [-0.05, 0) is 17.4 Å². The van der Waals surface area contributed by atoms with E-state index in [1.165, 1.54) is 18.0 Å². The van der Waals surface area contributed by atoms with Gasteiger partial charge < -0.3 is 10.6 Å². The zero-order valence-corrected chi connectivity index (χ0v) is 7.86. The van der Waals surface area contributed by atoms with E-state index in [4.69, 9.17) is 0 Å². The van der Waals surface area contributed by atoms with Gasteiger partial charge in [0.25, 0.3) is 0 Å². The predicted octanol–water partition coefficient (Wildman–Crippen LogP) is 1.06. The molecule has 1 aromatic heterocycles. The minimum absolute atomic E-state index is 0.866. The summed E-state index contributed by atoms with van der Waals surface area (Å²) in [6.45, 7) is 4.58. The average molecular weight is 182 g/mol. The van der Waals surface area contributed by atoms with E-state index in [9.17, 15) is 0 Å². The number of rotatable bonds is 4. The summed E-state index contributed by atoms with van der Waals surface area (Å²) >= 11 is 1.82. The molecule has 1 saturated heterocycles. The molecule has 2 N–H and O–H groups in total. The Balaban J connectivity index is 1.62. The van der Waals surface area contributed by atoms with Gasteiger partial charge in [-0.3, -0.25) is 0 Å². The van der Waals surface area contributed by atoms with Gasteiger partial charge in [0.1, 0.15) is 0 Å². The van der Waals surface area contributed by atoms with Crippen molar-refractivity contribution in [3.8, 4) is 0 Å². The Bertz CT molecular complexity index is 216. The van der Waals surface area contributed by atoms with E-state index in [1.807, 2.05) is 11.3 Å². The minimum Gasteiger partial charge on any atom is -0.316 e. The molecule has 12 heavy (non-hydrogen) atoms. The van der Waals surface area contributed by atoms with Gasteiger partial charge in [-0.15, -0.1) is 11.3 Å². The summed E-state index contributed by atoms with van der Waals surface area (Å²) in [7, 11) is 0. The van der Waals surface area contributed by atoms with Gasteiger partial charge in [-0.25, -0.2) is 0 Å². The first-order valence-electron chi connectivity index (χ1n) is 4.39. The number of nitrogens with one attached hydrogen (secondary N) is 2. The third-order valence-electron chi connectivity index (χ3n) is 2.18. The first-order valence-corrected chi connectivity index (χ1v) is 5.27. The summed E-state index contributed by atoms with van der Waals surface area (Å²) in [6.07, 6.45) is 0. The fourth-order valence-electron chi connectivity index (χ4n) is 1.31. The molecule has 0 spiro atoms. The summed E-state index contributed by atoms with van der Waals surface area (Å²) in [4.78, 5) is 1.43. The van der Waals surface area contributed by atoms with E-state index in [-0.39, 0.29) is 0 Å². The maximum absolute atomic E-state index is 3.46. The zero-order chi connectivity index (χ0) is 8.23. The van der Waals surface area contributed by atoms with Gasteiger partial charge in [0.2, 0.25) is 0 Å². The van der Waals surface area contributed by atoms with Gasteiger partial charge in [0.15, 0.2) is 0 Å². The van der Waals surface area contributed by atoms with Crippen LogP contribution in [0.5, 0.6) is 0 Å². The van der Waals surface area contributed by atoms with E-state index in [0.29, 0.717) is 0 Å². The van der Waals surface area contributed by atoms with Crippen LogP contribution in [0.25, 0.3) is 0 Å². The maximum Gasteiger partial charge on any atom is 0.0299 e. The third kappa shape index (κ3) is 2.06. The Morgan fingerprint density at radius 2 is 2.50 bits per heavy atom. The summed E-state index contributed by atoms with van der Waals surface area (Å²) in [6, 6.07) is 4.28. The number of thiophene rings is 1. The molecule has 1 aromatic rings. The molecule has 2 rings (SSSR count). The highest BCUT2D eigenvalue weighted by molar-refractivity contribution is 7.09. The molecule has 66 valence electrons. The second-order valence-corrected chi connectivity index (χ2v) is 4.27. The SMILES string of the molecule is c1csc(CNCC2CNC2)c1. The Morgan fingerprint density at radius 3 is 3.08 bits per heavy atom. The Labute approximate surface area is 77.0 Å². The molecule has 2 nitrogen and oxygen atoms in total. The van der Waals surface area contributed by atoms with Crippen LogP contribution in [0.3, 0.4) is 0 Å². The van der Waals surface area contributed by atoms with Crippen molar-refractivity contribution in [2.75, 3.05) is 19.6 Å². The second kappa shape index (κ2) is 4.03. The standard InChI is InChI=1S/C9H14N2S/c1-2-9(12-3-1)7-11-6-8-4-10-5-8/h1-3,8,10-11H,4-7H2. The van der Waals surface area contributed by atoms with Crippen molar-refractivity contribution >= 4 is 11.3 Å². The van der Waals surface area contributed by atoms with Crippen LogP contribution in [0.15, 0.2) is 17.5 Å². The van der Waals surface area contributed by atoms with Crippen LogP contribution in [-0.4, -0.2) is 19.6 Å². The fraction of sp³-hybridized carbons (Fsp3) is 0.556. The fourth-order valence-corrected chi connectivity index (χ4v) is 1.98. The van der Waals surface area contributed by atoms with Crippen LogP contribution in [0, 0.1) is 5.92 Å². The van der Waals surface area contributed by atoms with Crippen molar-refractivity contribution in [1.29, 1.82) is 0 Å². The molecule has 0 atom stereocenters. The lowest BCUT2D eigenvalue weighted by molar-refractivity contribution is 0.331. The van der Waals surface area contributed by atoms with Gasteiger partial charge in [0, 0.05) is 31.1 Å². The van der Waals surface area contributed by atoms with Crippen molar-refractivity contribution in [3.63, 3.8) is 0 Å². The first-order chi connectivity index (χ1) is 5.95. The van der Waals surface area contributed by atoms with E-state index in [2.05, 4.69) is 28.1 Å². The summed E-state index contributed by atoms with van der Waals surface area (Å²) < 4.78 is 0. The Kier molecular flexibility index (Phi) is 2.76. The molecule has 0 radical (unpaired) electrons. The smallest absolute Gasteiger partial charge is 0.0299 e. The van der Waals surface area contributed by atoms with Crippen molar-refractivity contribution in [1.82, 2.24) is 10.6 Å². The highest BCUT2D eigenvalue weighted by Gasteiger charge is 2.15. The molecular weight excluding hydrogens is 168 g/mol. The quantitative estimate of drug-likeness (QED) is 0.727. The molecule has 1 aliphatic rings. The summed E-state index contributed by atoms with van der Waals surface area (Å²) in [5.41, 5.74) is 0. The van der Waals surface area contributed by atoms with Gasteiger partial charge in [0.05, 0.1) is 0 Å². The number of hydrogen-bond donors (Lipinski definition) is 2. The van der Waals surface area contributed by atoms with E-state index in [0.717, 1.165) is 19.0 Å². The van der Waals surface area contributed by atoms with Gasteiger partial charge in [-0.1, -0.05) is 6.07 Å². The van der Waals surface area contributed by atoms with Crippen LogP contribution >= 0.6 is 11.3 Å². The lowest BCUT2D eigenvalue weighted by Gasteiger charge is -2.27.